The molecule has 0 aromatic heterocycles. The topological polar surface area (TPSA) is 15.3 Å². The lowest BCUT2D eigenvalue weighted by Crippen LogP contribution is -2.52. The Morgan fingerprint density at radius 3 is 2.20 bits per heavy atom. The van der Waals surface area contributed by atoms with Gasteiger partial charge >= 0.3 is 0 Å². The summed E-state index contributed by atoms with van der Waals surface area (Å²) in [6, 6.07) is 1.79. The number of hydrogen-bond acceptors (Lipinski definition) is 2. The van der Waals surface area contributed by atoms with Crippen molar-refractivity contribution in [1.29, 1.82) is 0 Å². The van der Waals surface area contributed by atoms with Crippen LogP contribution in [-0.4, -0.2) is 36.1 Å². The number of nitrogens with one attached hydrogen (secondary N) is 1. The van der Waals surface area contributed by atoms with E-state index in [4.69, 9.17) is 0 Å². The lowest BCUT2D eigenvalue weighted by atomic mass is 9.78. The van der Waals surface area contributed by atoms with Crippen LogP contribution in [0.25, 0.3) is 0 Å². The molecule has 0 saturated heterocycles. The molecule has 0 amide bonds. The summed E-state index contributed by atoms with van der Waals surface area (Å²) in [5.74, 6) is 0.898. The van der Waals surface area contributed by atoms with Crippen LogP contribution in [0.15, 0.2) is 0 Å². The molecule has 0 aromatic rings. The molecule has 2 heteroatoms. The maximum atomic E-state index is 3.64. The molecule has 1 N–H and O–H groups in total. The fraction of sp³-hybridized carbons (Fsp3) is 1.00. The molecule has 88 valence electrons. The smallest absolute Gasteiger partial charge is 0.0136 e. The van der Waals surface area contributed by atoms with Crippen molar-refractivity contribution in [3.8, 4) is 0 Å². The first-order chi connectivity index (χ1) is 6.97. The van der Waals surface area contributed by atoms with Gasteiger partial charge in [0.25, 0.3) is 0 Å². The number of nitrogens with zero attached hydrogens (tertiary/aromatic N) is 1. The van der Waals surface area contributed by atoms with Crippen LogP contribution in [-0.2, 0) is 0 Å². The summed E-state index contributed by atoms with van der Waals surface area (Å²) >= 11 is 0. The van der Waals surface area contributed by atoms with Gasteiger partial charge < -0.3 is 10.2 Å². The summed E-state index contributed by atoms with van der Waals surface area (Å²) in [7, 11) is 2.32. The van der Waals surface area contributed by atoms with E-state index >= 15 is 0 Å². The van der Waals surface area contributed by atoms with Gasteiger partial charge in [0.2, 0.25) is 0 Å². The van der Waals surface area contributed by atoms with Crippen LogP contribution in [0.3, 0.4) is 0 Å². The van der Waals surface area contributed by atoms with Gasteiger partial charge in [0.15, 0.2) is 0 Å². The van der Waals surface area contributed by atoms with Gasteiger partial charge in [0.1, 0.15) is 0 Å². The SMILES string of the molecule is CN(C1CC1)C1CCC1CNC(C)(C)C. The Labute approximate surface area is 94.4 Å². The standard InChI is InChI=1S/C13H26N2/c1-13(2,3)14-9-10-5-8-12(10)15(4)11-6-7-11/h10-12,14H,5-9H2,1-4H3. The minimum atomic E-state index is 0.276. The predicted molar refractivity (Wildman–Crippen MR) is 65.1 cm³/mol. The highest BCUT2D eigenvalue weighted by Gasteiger charge is 2.39. The molecule has 2 atom stereocenters. The largest absolute Gasteiger partial charge is 0.312 e. The second kappa shape index (κ2) is 4.06. The molecule has 2 fully saturated rings. The molecule has 2 saturated carbocycles. The van der Waals surface area contributed by atoms with Crippen molar-refractivity contribution in [2.45, 2.75) is 64.1 Å². The number of rotatable bonds is 4. The minimum absolute atomic E-state index is 0.276. The normalized spacial score (nSPS) is 31.8. The minimum Gasteiger partial charge on any atom is -0.312 e. The van der Waals surface area contributed by atoms with E-state index in [1.165, 1.54) is 32.2 Å². The third kappa shape index (κ3) is 2.94. The van der Waals surface area contributed by atoms with E-state index in [2.05, 4.69) is 38.0 Å². The predicted octanol–water partition coefficient (Wildman–Crippen LogP) is 2.25. The van der Waals surface area contributed by atoms with Crippen molar-refractivity contribution in [2.75, 3.05) is 13.6 Å². The van der Waals surface area contributed by atoms with Gasteiger partial charge in [-0.05, 0) is 66.0 Å². The van der Waals surface area contributed by atoms with Gasteiger partial charge in [-0.2, -0.15) is 0 Å². The molecule has 15 heavy (non-hydrogen) atoms. The van der Waals surface area contributed by atoms with E-state index in [1.807, 2.05) is 0 Å². The van der Waals surface area contributed by atoms with Gasteiger partial charge in [0.05, 0.1) is 0 Å². The quantitative estimate of drug-likeness (QED) is 0.765. The molecule has 0 heterocycles. The van der Waals surface area contributed by atoms with Gasteiger partial charge in [-0.15, -0.1) is 0 Å². The molecule has 2 aliphatic carbocycles. The van der Waals surface area contributed by atoms with Crippen molar-refractivity contribution < 1.29 is 0 Å². The Morgan fingerprint density at radius 1 is 1.13 bits per heavy atom. The van der Waals surface area contributed by atoms with Gasteiger partial charge in [0, 0.05) is 17.6 Å². The van der Waals surface area contributed by atoms with Gasteiger partial charge in [-0.1, -0.05) is 0 Å². The Balaban J connectivity index is 1.74. The summed E-state index contributed by atoms with van der Waals surface area (Å²) in [5, 5.41) is 3.64. The second-order valence-corrected chi connectivity index (χ2v) is 6.43. The fourth-order valence-corrected chi connectivity index (χ4v) is 2.52. The Morgan fingerprint density at radius 2 is 1.80 bits per heavy atom. The van der Waals surface area contributed by atoms with Crippen molar-refractivity contribution >= 4 is 0 Å². The Kier molecular flexibility index (Phi) is 3.09. The Hall–Kier alpha value is -0.0800. The van der Waals surface area contributed by atoms with E-state index in [0.717, 1.165) is 18.0 Å². The lowest BCUT2D eigenvalue weighted by molar-refractivity contribution is 0.0734. The van der Waals surface area contributed by atoms with Gasteiger partial charge in [-0.3, -0.25) is 0 Å². The zero-order valence-electron chi connectivity index (χ0n) is 10.7. The summed E-state index contributed by atoms with van der Waals surface area (Å²) in [5.41, 5.74) is 0.276. The van der Waals surface area contributed by atoms with Crippen LogP contribution < -0.4 is 5.32 Å². The van der Waals surface area contributed by atoms with E-state index in [0.29, 0.717) is 0 Å². The highest BCUT2D eigenvalue weighted by molar-refractivity contribution is 4.95. The molecule has 0 aromatic carbocycles. The summed E-state index contributed by atoms with van der Waals surface area (Å²) in [6.45, 7) is 7.97. The van der Waals surface area contributed by atoms with Crippen LogP contribution in [0.4, 0.5) is 0 Å². The van der Waals surface area contributed by atoms with Crippen molar-refractivity contribution in [3.63, 3.8) is 0 Å². The van der Waals surface area contributed by atoms with Crippen LogP contribution in [0, 0.1) is 5.92 Å². The maximum Gasteiger partial charge on any atom is 0.0136 e. The molecular formula is C13H26N2. The van der Waals surface area contributed by atoms with E-state index in [-0.39, 0.29) is 5.54 Å². The van der Waals surface area contributed by atoms with Crippen LogP contribution >= 0.6 is 0 Å². The first-order valence-corrected chi connectivity index (χ1v) is 6.44. The average Bonchev–Trinajstić information content (AvgIpc) is 2.81. The van der Waals surface area contributed by atoms with E-state index in [9.17, 15) is 0 Å². The summed E-state index contributed by atoms with van der Waals surface area (Å²) in [4.78, 5) is 2.64. The third-order valence-corrected chi connectivity index (χ3v) is 3.92. The van der Waals surface area contributed by atoms with Crippen molar-refractivity contribution in [3.05, 3.63) is 0 Å². The van der Waals surface area contributed by atoms with Crippen LogP contribution in [0.5, 0.6) is 0 Å². The van der Waals surface area contributed by atoms with E-state index in [1.54, 1.807) is 0 Å². The molecule has 2 aliphatic rings. The highest BCUT2D eigenvalue weighted by Crippen LogP contribution is 2.37. The van der Waals surface area contributed by atoms with Crippen molar-refractivity contribution in [1.82, 2.24) is 10.2 Å². The number of hydrogen-bond donors (Lipinski definition) is 1. The monoisotopic (exact) mass is 210 g/mol. The van der Waals surface area contributed by atoms with Crippen LogP contribution in [0.1, 0.15) is 46.5 Å². The Bertz CT molecular complexity index is 215. The fourth-order valence-electron chi connectivity index (χ4n) is 2.52. The van der Waals surface area contributed by atoms with E-state index < -0.39 is 0 Å². The van der Waals surface area contributed by atoms with Crippen molar-refractivity contribution in [2.24, 2.45) is 5.92 Å². The summed E-state index contributed by atoms with van der Waals surface area (Å²) in [6.07, 6.45) is 5.72. The molecular weight excluding hydrogens is 184 g/mol. The zero-order chi connectivity index (χ0) is 11.1. The van der Waals surface area contributed by atoms with Gasteiger partial charge in [-0.25, -0.2) is 0 Å². The molecule has 0 spiro atoms. The molecule has 0 aliphatic heterocycles. The lowest BCUT2D eigenvalue weighted by Gasteiger charge is -2.44. The average molecular weight is 210 g/mol. The molecule has 2 nitrogen and oxygen atoms in total. The second-order valence-electron chi connectivity index (χ2n) is 6.43. The summed E-state index contributed by atoms with van der Waals surface area (Å²) < 4.78 is 0. The molecule has 0 bridgehead atoms. The first-order valence-electron chi connectivity index (χ1n) is 6.44. The highest BCUT2D eigenvalue weighted by atomic mass is 15.2. The third-order valence-electron chi connectivity index (χ3n) is 3.92. The molecule has 2 rings (SSSR count). The zero-order valence-corrected chi connectivity index (χ0v) is 10.7. The maximum absolute atomic E-state index is 3.64. The first kappa shape index (κ1) is 11.4. The molecule has 0 radical (unpaired) electrons. The van der Waals surface area contributed by atoms with Crippen LogP contribution in [0.2, 0.25) is 0 Å². The molecule has 2 unspecified atom stereocenters.